The van der Waals surface area contributed by atoms with Crippen LogP contribution in [0.25, 0.3) is 0 Å². The monoisotopic (exact) mass is 439 g/mol. The number of carbonyl (C=O) groups excluding carboxylic acids is 2. The van der Waals surface area contributed by atoms with Crippen molar-refractivity contribution in [2.75, 3.05) is 13.7 Å². The molecule has 1 aromatic carbocycles. The minimum absolute atomic E-state index is 0.0638. The van der Waals surface area contributed by atoms with Crippen LogP contribution in [0, 0.1) is 17.3 Å². The number of hydrogen-bond acceptors (Lipinski definition) is 3. The molecule has 0 spiro atoms. The molecule has 0 aliphatic heterocycles. The number of fused-ring (bicyclic) bond motifs is 5. The largest absolute Gasteiger partial charge is 0.496 e. The summed E-state index contributed by atoms with van der Waals surface area (Å²) >= 11 is 0. The van der Waals surface area contributed by atoms with Crippen molar-refractivity contribution in [2.45, 2.75) is 96.8 Å². The normalized spacial score (nSPS) is 28.6. The molecule has 1 amide bonds. The van der Waals surface area contributed by atoms with Crippen LogP contribution in [0.1, 0.15) is 101 Å². The molecule has 3 aliphatic carbocycles. The average molecular weight is 440 g/mol. The van der Waals surface area contributed by atoms with Gasteiger partial charge in [-0.05, 0) is 98.3 Å². The lowest BCUT2D eigenvalue weighted by atomic mass is 9.55. The highest BCUT2D eigenvalue weighted by molar-refractivity contribution is 5.87. The fourth-order valence-electron chi connectivity index (χ4n) is 6.90. The molecule has 3 unspecified atom stereocenters. The highest BCUT2D eigenvalue weighted by atomic mass is 16.5. The van der Waals surface area contributed by atoms with Gasteiger partial charge in [0.1, 0.15) is 11.5 Å². The number of rotatable bonds is 9. The summed E-state index contributed by atoms with van der Waals surface area (Å²) in [6, 6.07) is 4.71. The molecule has 32 heavy (non-hydrogen) atoms. The summed E-state index contributed by atoms with van der Waals surface area (Å²) in [5, 5.41) is 3.01. The lowest BCUT2D eigenvalue weighted by Gasteiger charge is -2.48. The first-order valence-electron chi connectivity index (χ1n) is 13.0. The number of carbonyl (C=O) groups is 2. The number of ketones is 1. The van der Waals surface area contributed by atoms with Crippen LogP contribution in [0.15, 0.2) is 12.1 Å². The summed E-state index contributed by atoms with van der Waals surface area (Å²) in [4.78, 5) is 24.6. The molecular weight excluding hydrogens is 398 g/mol. The Hall–Kier alpha value is -1.84. The van der Waals surface area contributed by atoms with E-state index < -0.39 is 0 Å². The van der Waals surface area contributed by atoms with Crippen molar-refractivity contribution in [3.8, 4) is 5.75 Å². The average Bonchev–Trinajstić information content (AvgIpc) is 3.10. The van der Waals surface area contributed by atoms with Crippen molar-refractivity contribution in [3.63, 3.8) is 0 Å². The van der Waals surface area contributed by atoms with Gasteiger partial charge < -0.3 is 10.1 Å². The maximum absolute atomic E-state index is 12.6. The van der Waals surface area contributed by atoms with Crippen LogP contribution < -0.4 is 10.1 Å². The van der Waals surface area contributed by atoms with E-state index in [0.717, 1.165) is 76.5 Å². The van der Waals surface area contributed by atoms with Gasteiger partial charge in [0.15, 0.2) is 0 Å². The molecule has 176 valence electrons. The summed E-state index contributed by atoms with van der Waals surface area (Å²) in [7, 11) is 1.77. The summed E-state index contributed by atoms with van der Waals surface area (Å²) in [5.41, 5.74) is 4.20. The summed E-state index contributed by atoms with van der Waals surface area (Å²) in [6.07, 6.45) is 12.0. The Morgan fingerprint density at radius 1 is 1.16 bits per heavy atom. The van der Waals surface area contributed by atoms with Gasteiger partial charge in [-0.2, -0.15) is 0 Å². The van der Waals surface area contributed by atoms with Gasteiger partial charge in [0.05, 0.1) is 7.11 Å². The van der Waals surface area contributed by atoms with Gasteiger partial charge in [-0.3, -0.25) is 9.59 Å². The quantitative estimate of drug-likeness (QED) is 0.499. The van der Waals surface area contributed by atoms with Crippen LogP contribution in [0.5, 0.6) is 5.75 Å². The molecule has 4 atom stereocenters. The third-order valence-electron chi connectivity index (χ3n) is 8.79. The number of methoxy groups -OCH3 is 1. The Bertz CT molecular complexity index is 847. The van der Waals surface area contributed by atoms with Gasteiger partial charge in [0.25, 0.3) is 0 Å². The lowest BCUT2D eigenvalue weighted by Crippen LogP contribution is -2.42. The highest BCUT2D eigenvalue weighted by Gasteiger charge is 2.54. The molecule has 0 aromatic heterocycles. The Morgan fingerprint density at radius 2 is 2.00 bits per heavy atom. The number of unbranched alkanes of at least 4 members (excludes halogenated alkanes) is 2. The first-order valence-corrected chi connectivity index (χ1v) is 13.0. The van der Waals surface area contributed by atoms with Crippen LogP contribution in [-0.2, 0) is 22.4 Å². The van der Waals surface area contributed by atoms with E-state index in [-0.39, 0.29) is 11.3 Å². The van der Waals surface area contributed by atoms with Gasteiger partial charge in [-0.1, -0.05) is 26.3 Å². The van der Waals surface area contributed by atoms with E-state index in [1.54, 1.807) is 7.11 Å². The smallest absolute Gasteiger partial charge is 0.219 e. The molecule has 2 fully saturated rings. The molecule has 4 rings (SSSR count). The Morgan fingerprint density at radius 3 is 2.78 bits per heavy atom. The van der Waals surface area contributed by atoms with E-state index >= 15 is 0 Å². The van der Waals surface area contributed by atoms with Crippen molar-refractivity contribution in [3.05, 3.63) is 28.8 Å². The Balaban J connectivity index is 1.42. The van der Waals surface area contributed by atoms with Crippen LogP contribution >= 0.6 is 0 Å². The molecule has 4 heteroatoms. The first-order chi connectivity index (χ1) is 15.5. The van der Waals surface area contributed by atoms with Crippen molar-refractivity contribution in [1.82, 2.24) is 5.32 Å². The number of hydrogen-bond donors (Lipinski definition) is 1. The van der Waals surface area contributed by atoms with E-state index in [0.29, 0.717) is 30.0 Å². The minimum Gasteiger partial charge on any atom is -0.496 e. The number of aryl methyl sites for hydroxylation is 2. The van der Waals surface area contributed by atoms with Crippen molar-refractivity contribution < 1.29 is 14.3 Å². The third kappa shape index (κ3) is 4.47. The second-order valence-electron chi connectivity index (χ2n) is 10.6. The molecule has 2 saturated carbocycles. The summed E-state index contributed by atoms with van der Waals surface area (Å²) in [6.45, 7) is 5.18. The van der Waals surface area contributed by atoms with Crippen molar-refractivity contribution in [2.24, 2.45) is 17.3 Å². The maximum atomic E-state index is 12.6. The lowest BCUT2D eigenvalue weighted by molar-refractivity contribution is -0.129. The fourth-order valence-corrected chi connectivity index (χ4v) is 6.90. The highest BCUT2D eigenvalue weighted by Crippen LogP contribution is 2.59. The molecule has 4 nitrogen and oxygen atoms in total. The van der Waals surface area contributed by atoms with Gasteiger partial charge in [0.2, 0.25) is 5.91 Å². The van der Waals surface area contributed by atoms with Crippen LogP contribution in [0.4, 0.5) is 0 Å². The third-order valence-corrected chi connectivity index (χ3v) is 8.79. The van der Waals surface area contributed by atoms with E-state index in [9.17, 15) is 9.59 Å². The number of Topliss-reactive ketones (excluding diaryl/α,β-unsaturated/α-hetero) is 1. The van der Waals surface area contributed by atoms with Gasteiger partial charge in [-0.15, -0.1) is 0 Å². The number of benzene rings is 1. The van der Waals surface area contributed by atoms with Crippen LogP contribution in [-0.4, -0.2) is 25.3 Å². The topological polar surface area (TPSA) is 55.4 Å². The molecule has 0 bridgehead atoms. The molecule has 1 aromatic rings. The van der Waals surface area contributed by atoms with Crippen LogP contribution in [0.3, 0.4) is 0 Å². The number of ether oxygens (including phenoxy) is 1. The zero-order valence-corrected chi connectivity index (χ0v) is 20.3. The van der Waals surface area contributed by atoms with E-state index in [1.807, 2.05) is 0 Å². The number of nitrogens with one attached hydrogen (secondary N) is 1. The van der Waals surface area contributed by atoms with E-state index in [2.05, 4.69) is 31.3 Å². The van der Waals surface area contributed by atoms with E-state index in [4.69, 9.17) is 4.74 Å². The van der Waals surface area contributed by atoms with Gasteiger partial charge in [-0.25, -0.2) is 0 Å². The predicted molar refractivity (Wildman–Crippen MR) is 128 cm³/mol. The van der Waals surface area contributed by atoms with E-state index in [1.165, 1.54) is 23.1 Å². The maximum Gasteiger partial charge on any atom is 0.219 e. The standard InChI is InChI=1S/C28H41NO3/c1-4-5-16-29-27(31)9-7-6-8-20-17-23-19(18-25(20)32-3)10-11-22-21(23)14-15-28(2)24(22)12-13-26(28)30/h17-18,21-22,24H,4-16H2,1-3H3,(H,29,31)/t21?,22?,24?,28-/m0/s1. The summed E-state index contributed by atoms with van der Waals surface area (Å²) in [5.74, 6) is 3.51. The molecule has 1 N–H and O–H groups in total. The molecule has 0 heterocycles. The van der Waals surface area contributed by atoms with Crippen molar-refractivity contribution >= 4 is 11.7 Å². The predicted octanol–water partition coefficient (Wildman–Crippen LogP) is 5.75. The second-order valence-corrected chi connectivity index (χ2v) is 10.6. The Labute approximate surface area is 193 Å². The zero-order valence-electron chi connectivity index (χ0n) is 20.3. The molecular formula is C28H41NO3. The molecule has 0 saturated heterocycles. The van der Waals surface area contributed by atoms with Crippen LogP contribution in [0.2, 0.25) is 0 Å². The number of amides is 1. The fraction of sp³-hybridized carbons (Fsp3) is 0.714. The molecule has 3 aliphatic rings. The SMILES string of the molecule is CCCCNC(=O)CCCCc1cc2c(cc1OC)CCC1C2CC[C@]2(C)C(=O)CCC12. The summed E-state index contributed by atoms with van der Waals surface area (Å²) < 4.78 is 5.77. The zero-order chi connectivity index (χ0) is 22.7. The first kappa shape index (κ1) is 23.3. The van der Waals surface area contributed by atoms with Gasteiger partial charge >= 0.3 is 0 Å². The van der Waals surface area contributed by atoms with Gasteiger partial charge in [0, 0.05) is 24.8 Å². The minimum atomic E-state index is -0.0638. The Kier molecular flexibility index (Phi) is 7.27. The van der Waals surface area contributed by atoms with Crippen molar-refractivity contribution in [1.29, 1.82) is 0 Å². The second kappa shape index (κ2) is 9.97. The molecule has 0 radical (unpaired) electrons.